The molecule has 0 bridgehead atoms. The summed E-state index contributed by atoms with van der Waals surface area (Å²) in [6, 6.07) is 12.2. The number of ether oxygens (including phenoxy) is 3. The summed E-state index contributed by atoms with van der Waals surface area (Å²) in [6.45, 7) is -0.446. The Hall–Kier alpha value is -3.00. The molecule has 28 heavy (non-hydrogen) atoms. The fourth-order valence-corrected chi connectivity index (χ4v) is 3.79. The van der Waals surface area contributed by atoms with Crippen molar-refractivity contribution >= 4 is 35.1 Å². The van der Waals surface area contributed by atoms with E-state index in [1.165, 1.54) is 32.0 Å². The van der Waals surface area contributed by atoms with Crippen molar-refractivity contribution in [2.45, 2.75) is 16.6 Å². The number of carbonyl (C=O) groups excluding carboxylic acids is 3. The molecule has 1 amide bonds. The molecular formula is C20H19NO6S. The summed E-state index contributed by atoms with van der Waals surface area (Å²) in [5.41, 5.74) is 0.982. The molecule has 3 rings (SSSR count). The zero-order valence-electron chi connectivity index (χ0n) is 15.4. The number of thioether (sulfide) groups is 1. The van der Waals surface area contributed by atoms with Gasteiger partial charge in [-0.05, 0) is 30.3 Å². The zero-order chi connectivity index (χ0) is 20.1. The van der Waals surface area contributed by atoms with Crippen LogP contribution in [0.4, 0.5) is 5.69 Å². The Balaban J connectivity index is 1.59. The van der Waals surface area contributed by atoms with E-state index in [9.17, 15) is 14.4 Å². The van der Waals surface area contributed by atoms with Gasteiger partial charge in [-0.3, -0.25) is 14.4 Å². The molecule has 1 atom stereocenters. The first kappa shape index (κ1) is 19.8. The summed E-state index contributed by atoms with van der Waals surface area (Å²) in [7, 11) is 2.93. The molecule has 0 aliphatic carbocycles. The van der Waals surface area contributed by atoms with Crippen LogP contribution in [0.5, 0.6) is 11.5 Å². The largest absolute Gasteiger partial charge is 0.497 e. The third kappa shape index (κ3) is 4.45. The first-order valence-electron chi connectivity index (χ1n) is 8.49. The fourth-order valence-electron chi connectivity index (χ4n) is 2.69. The van der Waals surface area contributed by atoms with Gasteiger partial charge in [-0.25, -0.2) is 0 Å². The summed E-state index contributed by atoms with van der Waals surface area (Å²) in [6.07, 6.45) is -0.132. The van der Waals surface area contributed by atoms with Crippen molar-refractivity contribution in [3.8, 4) is 11.5 Å². The van der Waals surface area contributed by atoms with E-state index in [0.717, 1.165) is 10.6 Å². The number of fused-ring (bicyclic) bond motifs is 1. The minimum absolute atomic E-state index is 0.132. The van der Waals surface area contributed by atoms with Crippen molar-refractivity contribution < 1.29 is 28.6 Å². The predicted octanol–water partition coefficient (Wildman–Crippen LogP) is 2.93. The van der Waals surface area contributed by atoms with Gasteiger partial charge in [0, 0.05) is 4.90 Å². The molecule has 0 saturated carbocycles. The number of para-hydroxylation sites is 1. The number of esters is 1. The van der Waals surface area contributed by atoms with E-state index in [-0.39, 0.29) is 17.9 Å². The highest BCUT2D eigenvalue weighted by atomic mass is 32.2. The topological polar surface area (TPSA) is 90.9 Å². The van der Waals surface area contributed by atoms with E-state index in [0.29, 0.717) is 11.5 Å². The van der Waals surface area contributed by atoms with Crippen molar-refractivity contribution in [3.05, 3.63) is 48.0 Å². The quantitative estimate of drug-likeness (QED) is 0.563. The Kier molecular flexibility index (Phi) is 6.20. The number of methoxy groups -OCH3 is 2. The van der Waals surface area contributed by atoms with Crippen LogP contribution in [0.15, 0.2) is 47.4 Å². The second-order valence-corrected chi connectivity index (χ2v) is 7.19. The lowest BCUT2D eigenvalue weighted by Gasteiger charge is -2.23. The summed E-state index contributed by atoms with van der Waals surface area (Å²) in [5, 5.41) is 2.16. The SMILES string of the molecule is COc1ccc(OC)c(C(=O)COC(=O)C[C@@H]2Sc3ccccc3NC2=O)c1. The van der Waals surface area contributed by atoms with Gasteiger partial charge in [-0.1, -0.05) is 12.1 Å². The fraction of sp³-hybridized carbons (Fsp3) is 0.250. The molecular weight excluding hydrogens is 382 g/mol. The number of anilines is 1. The van der Waals surface area contributed by atoms with Crippen LogP contribution in [-0.2, 0) is 14.3 Å². The maximum atomic E-state index is 12.4. The standard InChI is InChI=1S/C20H19NO6S/c1-25-12-7-8-16(26-2)13(9-12)15(22)11-27-19(23)10-18-20(24)21-14-5-3-4-6-17(14)28-18/h3-9,18H,10-11H2,1-2H3,(H,21,24)/t18-/m0/s1. The van der Waals surface area contributed by atoms with E-state index >= 15 is 0 Å². The van der Waals surface area contributed by atoms with Gasteiger partial charge in [-0.2, -0.15) is 0 Å². The van der Waals surface area contributed by atoms with Crippen molar-refractivity contribution in [2.24, 2.45) is 0 Å². The van der Waals surface area contributed by atoms with Gasteiger partial charge in [0.15, 0.2) is 6.61 Å². The molecule has 146 valence electrons. The molecule has 2 aromatic carbocycles. The Labute approximate surface area is 166 Å². The average Bonchev–Trinajstić information content (AvgIpc) is 2.72. The van der Waals surface area contributed by atoms with Gasteiger partial charge in [0.25, 0.3) is 0 Å². The molecule has 0 fully saturated rings. The van der Waals surface area contributed by atoms with Gasteiger partial charge >= 0.3 is 5.97 Å². The van der Waals surface area contributed by atoms with Crippen LogP contribution in [-0.4, -0.2) is 43.7 Å². The predicted molar refractivity (Wildman–Crippen MR) is 104 cm³/mol. The van der Waals surface area contributed by atoms with Gasteiger partial charge < -0.3 is 19.5 Å². The molecule has 0 spiro atoms. The number of benzene rings is 2. The summed E-state index contributed by atoms with van der Waals surface area (Å²) in [4.78, 5) is 37.6. The highest BCUT2D eigenvalue weighted by Crippen LogP contribution is 2.36. The van der Waals surface area contributed by atoms with Crippen molar-refractivity contribution in [1.29, 1.82) is 0 Å². The second kappa shape index (κ2) is 8.79. The number of Topliss-reactive ketones (excluding diaryl/α,β-unsaturated/α-hetero) is 1. The minimum Gasteiger partial charge on any atom is -0.497 e. The average molecular weight is 401 g/mol. The number of rotatable bonds is 7. The van der Waals surface area contributed by atoms with Crippen molar-refractivity contribution in [3.63, 3.8) is 0 Å². The smallest absolute Gasteiger partial charge is 0.307 e. The molecule has 0 radical (unpaired) electrons. The highest BCUT2D eigenvalue weighted by Gasteiger charge is 2.29. The van der Waals surface area contributed by atoms with Crippen LogP contribution in [0.25, 0.3) is 0 Å². The lowest BCUT2D eigenvalue weighted by Crippen LogP contribution is -2.31. The van der Waals surface area contributed by atoms with Crippen LogP contribution < -0.4 is 14.8 Å². The van der Waals surface area contributed by atoms with Gasteiger partial charge in [0.1, 0.15) is 11.5 Å². The van der Waals surface area contributed by atoms with Crippen molar-refractivity contribution in [1.82, 2.24) is 0 Å². The van der Waals surface area contributed by atoms with E-state index < -0.39 is 23.6 Å². The van der Waals surface area contributed by atoms with Gasteiger partial charge in [0.2, 0.25) is 11.7 Å². The van der Waals surface area contributed by atoms with Gasteiger partial charge in [-0.15, -0.1) is 11.8 Å². The summed E-state index contributed by atoms with van der Waals surface area (Å²) < 4.78 is 15.4. The Morgan fingerprint density at radius 1 is 1.11 bits per heavy atom. The molecule has 8 heteroatoms. The lowest BCUT2D eigenvalue weighted by atomic mass is 10.1. The number of hydrogen-bond donors (Lipinski definition) is 1. The molecule has 0 unspecified atom stereocenters. The lowest BCUT2D eigenvalue weighted by molar-refractivity contribution is -0.143. The molecule has 7 nitrogen and oxygen atoms in total. The molecule has 1 heterocycles. The molecule has 1 aliphatic rings. The highest BCUT2D eigenvalue weighted by molar-refractivity contribution is 8.01. The summed E-state index contributed by atoms with van der Waals surface area (Å²) in [5.74, 6) is -0.455. The van der Waals surface area contributed by atoms with Crippen LogP contribution in [0.2, 0.25) is 0 Å². The Morgan fingerprint density at radius 2 is 1.89 bits per heavy atom. The number of ketones is 1. The first-order chi connectivity index (χ1) is 13.5. The second-order valence-electron chi connectivity index (χ2n) is 5.95. The molecule has 0 saturated heterocycles. The Bertz CT molecular complexity index is 913. The van der Waals surface area contributed by atoms with Crippen LogP contribution in [0, 0.1) is 0 Å². The van der Waals surface area contributed by atoms with E-state index in [2.05, 4.69) is 5.32 Å². The number of carbonyl (C=O) groups is 3. The van der Waals surface area contributed by atoms with Crippen LogP contribution in [0.1, 0.15) is 16.8 Å². The molecule has 2 aromatic rings. The minimum atomic E-state index is -0.623. The third-order valence-electron chi connectivity index (χ3n) is 4.13. The molecule has 1 aliphatic heterocycles. The summed E-state index contributed by atoms with van der Waals surface area (Å²) >= 11 is 1.30. The first-order valence-corrected chi connectivity index (χ1v) is 9.37. The van der Waals surface area contributed by atoms with E-state index in [1.54, 1.807) is 18.2 Å². The maximum Gasteiger partial charge on any atom is 0.307 e. The van der Waals surface area contributed by atoms with Crippen LogP contribution >= 0.6 is 11.8 Å². The van der Waals surface area contributed by atoms with Crippen LogP contribution in [0.3, 0.4) is 0 Å². The number of hydrogen-bond acceptors (Lipinski definition) is 7. The van der Waals surface area contributed by atoms with Gasteiger partial charge in [0.05, 0.1) is 37.1 Å². The number of amides is 1. The van der Waals surface area contributed by atoms with E-state index in [1.807, 2.05) is 18.2 Å². The van der Waals surface area contributed by atoms with Crippen molar-refractivity contribution in [2.75, 3.05) is 26.1 Å². The normalized spacial score (nSPS) is 15.2. The monoisotopic (exact) mass is 401 g/mol. The number of nitrogens with one attached hydrogen (secondary N) is 1. The zero-order valence-corrected chi connectivity index (χ0v) is 16.2. The molecule has 1 N–H and O–H groups in total. The third-order valence-corrected chi connectivity index (χ3v) is 5.41. The maximum absolute atomic E-state index is 12.4. The Morgan fingerprint density at radius 3 is 2.64 bits per heavy atom. The van der Waals surface area contributed by atoms with E-state index in [4.69, 9.17) is 14.2 Å². The molecule has 0 aromatic heterocycles.